The number of alkyl halides is 3. The van der Waals surface area contributed by atoms with E-state index < -0.39 is 18.0 Å². The maximum Gasteiger partial charge on any atom is 0.408 e. The number of hydrogen-bond acceptors (Lipinski definition) is 2. The first-order valence-corrected chi connectivity index (χ1v) is 5.28. The minimum Gasteiger partial charge on any atom is -0.399 e. The van der Waals surface area contributed by atoms with E-state index >= 15 is 0 Å². The molecule has 2 N–H and O–H groups in total. The number of halogens is 4. The molecule has 1 saturated heterocycles. The van der Waals surface area contributed by atoms with Gasteiger partial charge in [-0.05, 0) is 31.0 Å². The van der Waals surface area contributed by atoms with Crippen molar-refractivity contribution in [3.05, 3.63) is 24.0 Å². The smallest absolute Gasteiger partial charge is 0.399 e. The zero-order chi connectivity index (χ0) is 12.6. The zero-order valence-corrected chi connectivity index (χ0v) is 8.97. The summed E-state index contributed by atoms with van der Waals surface area (Å²) in [5.74, 6) is -0.707. The minimum absolute atomic E-state index is 0.00726. The molecule has 1 fully saturated rings. The molecule has 2 rings (SSSR count). The first-order chi connectivity index (χ1) is 7.89. The molecule has 0 amide bonds. The van der Waals surface area contributed by atoms with Gasteiger partial charge in [0, 0.05) is 12.2 Å². The first-order valence-electron chi connectivity index (χ1n) is 5.28. The number of nitrogens with two attached hydrogens (primary N) is 1. The van der Waals surface area contributed by atoms with Gasteiger partial charge in [-0.1, -0.05) is 0 Å². The van der Waals surface area contributed by atoms with E-state index in [9.17, 15) is 17.6 Å². The van der Waals surface area contributed by atoms with Crippen LogP contribution in [0.3, 0.4) is 0 Å². The predicted molar refractivity (Wildman–Crippen MR) is 57.2 cm³/mol. The number of benzene rings is 1. The van der Waals surface area contributed by atoms with Crippen LogP contribution in [0.4, 0.5) is 28.9 Å². The van der Waals surface area contributed by atoms with Crippen molar-refractivity contribution < 1.29 is 17.6 Å². The summed E-state index contributed by atoms with van der Waals surface area (Å²) in [6.07, 6.45) is -3.91. The monoisotopic (exact) mass is 248 g/mol. The lowest BCUT2D eigenvalue weighted by Gasteiger charge is -2.28. The molecule has 0 spiro atoms. The SMILES string of the molecule is Nc1ccc(N2CCC[C@H]2C(F)(F)F)c(F)c1. The van der Waals surface area contributed by atoms with Gasteiger partial charge in [-0.15, -0.1) is 0 Å². The fourth-order valence-electron chi connectivity index (χ4n) is 2.15. The zero-order valence-electron chi connectivity index (χ0n) is 8.97. The maximum absolute atomic E-state index is 13.6. The van der Waals surface area contributed by atoms with Gasteiger partial charge in [0.1, 0.15) is 11.9 Å². The molecule has 1 atom stereocenters. The topological polar surface area (TPSA) is 29.3 Å². The lowest BCUT2D eigenvalue weighted by molar-refractivity contribution is -0.146. The van der Waals surface area contributed by atoms with Crippen LogP contribution in [0, 0.1) is 5.82 Å². The highest BCUT2D eigenvalue weighted by Gasteiger charge is 2.46. The third-order valence-electron chi connectivity index (χ3n) is 2.91. The Morgan fingerprint density at radius 3 is 2.59 bits per heavy atom. The lowest BCUT2D eigenvalue weighted by Crippen LogP contribution is -2.41. The first kappa shape index (κ1) is 12.0. The second-order valence-corrected chi connectivity index (χ2v) is 4.10. The Bertz CT molecular complexity index is 416. The molecular weight excluding hydrogens is 236 g/mol. The highest BCUT2D eigenvalue weighted by Crippen LogP contribution is 2.37. The summed E-state index contributed by atoms with van der Waals surface area (Å²) in [5.41, 5.74) is 5.54. The van der Waals surface area contributed by atoms with Crippen LogP contribution in [0.2, 0.25) is 0 Å². The number of nitrogen functional groups attached to an aromatic ring is 1. The molecule has 1 aromatic rings. The molecular formula is C11H12F4N2. The molecule has 94 valence electrons. The van der Waals surface area contributed by atoms with Crippen molar-refractivity contribution in [3.8, 4) is 0 Å². The lowest BCUT2D eigenvalue weighted by atomic mass is 10.2. The predicted octanol–water partition coefficient (Wildman–Crippen LogP) is 2.94. The number of hydrogen-bond donors (Lipinski definition) is 1. The van der Waals surface area contributed by atoms with Crippen LogP contribution in [0.1, 0.15) is 12.8 Å². The van der Waals surface area contributed by atoms with Crippen LogP contribution in [0.5, 0.6) is 0 Å². The largest absolute Gasteiger partial charge is 0.408 e. The highest BCUT2D eigenvalue weighted by molar-refractivity contribution is 5.55. The van der Waals surface area contributed by atoms with E-state index in [1.54, 1.807) is 0 Å². The quantitative estimate of drug-likeness (QED) is 0.611. The van der Waals surface area contributed by atoms with Crippen molar-refractivity contribution >= 4 is 11.4 Å². The summed E-state index contributed by atoms with van der Waals surface area (Å²) in [6, 6.07) is 2.15. The molecule has 0 bridgehead atoms. The second-order valence-electron chi connectivity index (χ2n) is 4.10. The fourth-order valence-corrected chi connectivity index (χ4v) is 2.15. The summed E-state index contributed by atoms with van der Waals surface area (Å²) in [6.45, 7) is 0.213. The summed E-state index contributed by atoms with van der Waals surface area (Å²) >= 11 is 0. The molecule has 0 unspecified atom stereocenters. The van der Waals surface area contributed by atoms with E-state index in [-0.39, 0.29) is 24.3 Å². The van der Waals surface area contributed by atoms with E-state index in [1.807, 2.05) is 0 Å². The molecule has 0 aromatic heterocycles. The van der Waals surface area contributed by atoms with Crippen molar-refractivity contribution in [2.75, 3.05) is 17.2 Å². The third kappa shape index (κ3) is 2.30. The van der Waals surface area contributed by atoms with Crippen molar-refractivity contribution in [1.29, 1.82) is 0 Å². The summed E-state index contributed by atoms with van der Waals surface area (Å²) in [5, 5.41) is 0. The van der Waals surface area contributed by atoms with E-state index in [1.165, 1.54) is 12.1 Å². The van der Waals surface area contributed by atoms with Gasteiger partial charge in [0.05, 0.1) is 5.69 Å². The van der Waals surface area contributed by atoms with Crippen LogP contribution in [-0.2, 0) is 0 Å². The molecule has 1 heterocycles. The number of rotatable bonds is 1. The Morgan fingerprint density at radius 1 is 1.29 bits per heavy atom. The second kappa shape index (κ2) is 4.09. The fraction of sp³-hybridized carbons (Fsp3) is 0.455. The van der Waals surface area contributed by atoms with Crippen molar-refractivity contribution in [2.45, 2.75) is 25.1 Å². The molecule has 1 aliphatic heterocycles. The van der Waals surface area contributed by atoms with E-state index in [4.69, 9.17) is 5.73 Å². The van der Waals surface area contributed by atoms with Crippen LogP contribution in [-0.4, -0.2) is 18.8 Å². The summed E-state index contributed by atoms with van der Waals surface area (Å²) in [7, 11) is 0. The molecule has 1 aliphatic rings. The van der Waals surface area contributed by atoms with Gasteiger partial charge in [0.15, 0.2) is 0 Å². The van der Waals surface area contributed by atoms with Crippen LogP contribution < -0.4 is 10.6 Å². The van der Waals surface area contributed by atoms with Crippen molar-refractivity contribution in [3.63, 3.8) is 0 Å². The van der Waals surface area contributed by atoms with Gasteiger partial charge < -0.3 is 10.6 Å². The molecule has 0 aliphatic carbocycles. The van der Waals surface area contributed by atoms with Gasteiger partial charge in [-0.25, -0.2) is 4.39 Å². The Hall–Kier alpha value is -1.46. The van der Waals surface area contributed by atoms with Crippen molar-refractivity contribution in [2.24, 2.45) is 0 Å². The molecule has 0 saturated carbocycles. The van der Waals surface area contributed by atoms with E-state index in [0.29, 0.717) is 6.42 Å². The summed E-state index contributed by atoms with van der Waals surface area (Å²) in [4.78, 5) is 1.06. The average Bonchev–Trinajstić information content (AvgIpc) is 2.65. The van der Waals surface area contributed by atoms with Gasteiger partial charge >= 0.3 is 6.18 Å². The van der Waals surface area contributed by atoms with Crippen LogP contribution >= 0.6 is 0 Å². The van der Waals surface area contributed by atoms with Gasteiger partial charge in [-0.2, -0.15) is 13.2 Å². The van der Waals surface area contributed by atoms with E-state index in [0.717, 1.165) is 11.0 Å². The van der Waals surface area contributed by atoms with E-state index in [2.05, 4.69) is 0 Å². The number of nitrogens with zero attached hydrogens (tertiary/aromatic N) is 1. The van der Waals surface area contributed by atoms with Gasteiger partial charge in [0.25, 0.3) is 0 Å². The molecule has 17 heavy (non-hydrogen) atoms. The normalized spacial score (nSPS) is 20.9. The van der Waals surface area contributed by atoms with Crippen LogP contribution in [0.15, 0.2) is 18.2 Å². The minimum atomic E-state index is -4.33. The van der Waals surface area contributed by atoms with Crippen LogP contribution in [0.25, 0.3) is 0 Å². The summed E-state index contributed by atoms with van der Waals surface area (Å²) < 4.78 is 51.7. The average molecular weight is 248 g/mol. The van der Waals surface area contributed by atoms with Crippen molar-refractivity contribution in [1.82, 2.24) is 0 Å². The molecule has 6 heteroatoms. The number of anilines is 2. The highest BCUT2D eigenvalue weighted by atomic mass is 19.4. The maximum atomic E-state index is 13.6. The standard InChI is InChI=1S/C11H12F4N2/c12-8-6-7(16)3-4-9(8)17-5-1-2-10(17)11(13,14)15/h3-4,6,10H,1-2,5,16H2/t10-/m0/s1. The molecule has 1 aromatic carbocycles. The Balaban J connectivity index is 2.33. The third-order valence-corrected chi connectivity index (χ3v) is 2.91. The Morgan fingerprint density at radius 2 is 2.00 bits per heavy atom. The van der Waals surface area contributed by atoms with Gasteiger partial charge in [-0.3, -0.25) is 0 Å². The molecule has 2 nitrogen and oxygen atoms in total. The Kier molecular flexibility index (Phi) is 2.89. The Labute approximate surface area is 96.0 Å². The molecule has 0 radical (unpaired) electrons. The van der Waals surface area contributed by atoms with Gasteiger partial charge in [0.2, 0.25) is 0 Å².